The summed E-state index contributed by atoms with van der Waals surface area (Å²) in [6.45, 7) is -0.620. The Kier molecular flexibility index (Phi) is 6.39. The van der Waals surface area contributed by atoms with Crippen LogP contribution < -0.4 is 14.9 Å². The standard InChI is InChI=1S/C23H24O11/c1-31-15-4-9(5-16(32-2)19(15)27)13-7-12(26)18-11(25)3-10(6-14(18)33-13)23-22(30)21(29)20(28)17(8-24)34-23/h3-7,17,20-25,27-30H,8H2,1-2H3. The Labute approximate surface area is 192 Å². The minimum absolute atomic E-state index is 0.0551. The summed E-state index contributed by atoms with van der Waals surface area (Å²) in [5.41, 5.74) is -0.146. The lowest BCUT2D eigenvalue weighted by Crippen LogP contribution is -2.55. The summed E-state index contributed by atoms with van der Waals surface area (Å²) in [5.74, 6) is -0.463. The van der Waals surface area contributed by atoms with Crippen molar-refractivity contribution in [2.75, 3.05) is 20.8 Å². The first-order valence-corrected chi connectivity index (χ1v) is 10.3. The van der Waals surface area contributed by atoms with Gasteiger partial charge in [-0.15, -0.1) is 0 Å². The molecule has 1 aliphatic heterocycles. The zero-order chi connectivity index (χ0) is 24.7. The van der Waals surface area contributed by atoms with Gasteiger partial charge in [-0.3, -0.25) is 4.79 Å². The molecule has 11 heteroatoms. The van der Waals surface area contributed by atoms with Crippen LogP contribution in [0, 0.1) is 0 Å². The summed E-state index contributed by atoms with van der Waals surface area (Å²) >= 11 is 0. The van der Waals surface area contributed by atoms with E-state index in [0.29, 0.717) is 5.56 Å². The van der Waals surface area contributed by atoms with Gasteiger partial charge in [0.1, 0.15) is 53.0 Å². The minimum atomic E-state index is -1.62. The van der Waals surface area contributed by atoms with E-state index < -0.39 is 48.3 Å². The maximum atomic E-state index is 12.8. The van der Waals surface area contributed by atoms with Gasteiger partial charge in [-0.2, -0.15) is 0 Å². The first kappa shape index (κ1) is 23.8. The van der Waals surface area contributed by atoms with E-state index in [1.54, 1.807) is 0 Å². The molecule has 11 nitrogen and oxygen atoms in total. The topological polar surface area (TPSA) is 179 Å². The summed E-state index contributed by atoms with van der Waals surface area (Å²) < 4.78 is 21.7. The van der Waals surface area contributed by atoms with Crippen molar-refractivity contribution in [3.63, 3.8) is 0 Å². The van der Waals surface area contributed by atoms with E-state index in [4.69, 9.17) is 18.6 Å². The number of benzene rings is 2. The molecule has 0 amide bonds. The van der Waals surface area contributed by atoms with Crippen molar-refractivity contribution >= 4 is 11.0 Å². The molecule has 0 radical (unpaired) electrons. The van der Waals surface area contributed by atoms with E-state index in [0.717, 1.165) is 6.07 Å². The van der Waals surface area contributed by atoms with Gasteiger partial charge in [-0.25, -0.2) is 0 Å². The number of phenolic OH excluding ortho intramolecular Hbond substituents is 2. The molecule has 2 aromatic carbocycles. The number of methoxy groups -OCH3 is 2. The predicted octanol–water partition coefficient (Wildman–Crippen LogP) is 0.403. The third-order valence-electron chi connectivity index (χ3n) is 5.82. The Hall–Kier alpha value is -3.35. The van der Waals surface area contributed by atoms with Crippen LogP contribution in [-0.2, 0) is 4.74 Å². The number of aromatic hydroxyl groups is 2. The van der Waals surface area contributed by atoms with Crippen molar-refractivity contribution in [2.24, 2.45) is 0 Å². The van der Waals surface area contributed by atoms with Crippen LogP contribution in [0.25, 0.3) is 22.3 Å². The van der Waals surface area contributed by atoms with Crippen molar-refractivity contribution < 1.29 is 49.3 Å². The van der Waals surface area contributed by atoms with Gasteiger partial charge < -0.3 is 49.3 Å². The summed E-state index contributed by atoms with van der Waals surface area (Å²) in [5, 5.41) is 60.5. The first-order valence-electron chi connectivity index (χ1n) is 10.3. The van der Waals surface area contributed by atoms with Gasteiger partial charge >= 0.3 is 0 Å². The zero-order valence-corrected chi connectivity index (χ0v) is 18.2. The molecule has 4 rings (SSSR count). The van der Waals surface area contributed by atoms with E-state index in [1.165, 1.54) is 38.5 Å². The fourth-order valence-corrected chi connectivity index (χ4v) is 4.01. The van der Waals surface area contributed by atoms with Crippen molar-refractivity contribution in [3.8, 4) is 34.3 Å². The van der Waals surface area contributed by atoms with Crippen LogP contribution in [0.3, 0.4) is 0 Å². The molecular formula is C23H24O11. The largest absolute Gasteiger partial charge is 0.507 e. The number of rotatable bonds is 5. The SMILES string of the molecule is COc1cc(-c2cc(=O)c3c(O)cc(C4OC(CO)C(O)C(O)C4O)cc3o2)cc(OC)c1O. The maximum absolute atomic E-state index is 12.8. The number of phenols is 2. The molecule has 5 unspecified atom stereocenters. The molecule has 6 N–H and O–H groups in total. The number of fused-ring (bicyclic) bond motifs is 1. The second-order valence-electron chi connectivity index (χ2n) is 7.87. The monoisotopic (exact) mass is 476 g/mol. The van der Waals surface area contributed by atoms with Crippen LogP contribution in [0.15, 0.2) is 39.5 Å². The lowest BCUT2D eigenvalue weighted by Gasteiger charge is -2.40. The molecule has 1 aromatic heterocycles. The van der Waals surface area contributed by atoms with E-state index in [9.17, 15) is 35.4 Å². The number of hydrogen-bond donors (Lipinski definition) is 6. The highest BCUT2D eigenvalue weighted by molar-refractivity contribution is 5.85. The first-order chi connectivity index (χ1) is 16.2. The van der Waals surface area contributed by atoms with Gasteiger partial charge in [-0.1, -0.05) is 0 Å². The third-order valence-corrected chi connectivity index (χ3v) is 5.82. The normalized spacial score (nSPS) is 24.8. The van der Waals surface area contributed by atoms with Crippen molar-refractivity contribution in [2.45, 2.75) is 30.5 Å². The fourth-order valence-electron chi connectivity index (χ4n) is 4.01. The van der Waals surface area contributed by atoms with Crippen LogP contribution in [0.5, 0.6) is 23.0 Å². The van der Waals surface area contributed by atoms with E-state index in [-0.39, 0.29) is 39.5 Å². The second kappa shape index (κ2) is 9.12. The molecule has 0 aliphatic carbocycles. The lowest BCUT2D eigenvalue weighted by atomic mass is 9.90. The Morgan fingerprint density at radius 3 is 2.15 bits per heavy atom. The lowest BCUT2D eigenvalue weighted by molar-refractivity contribution is -0.231. The summed E-state index contributed by atoms with van der Waals surface area (Å²) in [4.78, 5) is 12.8. The van der Waals surface area contributed by atoms with Gasteiger partial charge in [0.2, 0.25) is 5.75 Å². The van der Waals surface area contributed by atoms with Crippen LogP contribution in [0.2, 0.25) is 0 Å². The Morgan fingerprint density at radius 1 is 0.912 bits per heavy atom. The van der Waals surface area contributed by atoms with Gasteiger partial charge in [0.25, 0.3) is 0 Å². The average Bonchev–Trinajstić information content (AvgIpc) is 2.82. The molecule has 0 saturated carbocycles. The summed E-state index contributed by atoms with van der Waals surface area (Å²) in [6.07, 6.45) is -7.15. The number of aliphatic hydroxyl groups is 4. The Bertz CT molecular complexity index is 1240. The van der Waals surface area contributed by atoms with Gasteiger partial charge in [-0.05, 0) is 29.8 Å². The zero-order valence-electron chi connectivity index (χ0n) is 18.2. The van der Waals surface area contributed by atoms with Crippen LogP contribution in [0.4, 0.5) is 0 Å². The maximum Gasteiger partial charge on any atom is 0.200 e. The number of ether oxygens (including phenoxy) is 3. The van der Waals surface area contributed by atoms with E-state index in [2.05, 4.69) is 0 Å². The molecule has 34 heavy (non-hydrogen) atoms. The molecule has 1 aliphatic rings. The van der Waals surface area contributed by atoms with Crippen LogP contribution >= 0.6 is 0 Å². The number of hydrogen-bond acceptors (Lipinski definition) is 11. The fraction of sp³-hybridized carbons (Fsp3) is 0.348. The van der Waals surface area contributed by atoms with Gasteiger partial charge in [0.15, 0.2) is 16.9 Å². The molecule has 5 atom stereocenters. The molecule has 0 spiro atoms. The smallest absolute Gasteiger partial charge is 0.200 e. The van der Waals surface area contributed by atoms with E-state index in [1.807, 2.05) is 0 Å². The summed E-state index contributed by atoms with van der Waals surface area (Å²) in [6, 6.07) is 6.55. The predicted molar refractivity (Wildman–Crippen MR) is 117 cm³/mol. The van der Waals surface area contributed by atoms with Crippen molar-refractivity contribution in [3.05, 3.63) is 46.1 Å². The summed E-state index contributed by atoms with van der Waals surface area (Å²) in [7, 11) is 2.69. The molecule has 2 heterocycles. The van der Waals surface area contributed by atoms with Crippen LogP contribution in [-0.4, -0.2) is 75.9 Å². The minimum Gasteiger partial charge on any atom is -0.507 e. The molecule has 1 fully saturated rings. The highest BCUT2D eigenvalue weighted by Crippen LogP contribution is 2.41. The van der Waals surface area contributed by atoms with Crippen molar-refractivity contribution in [1.29, 1.82) is 0 Å². The Morgan fingerprint density at radius 2 is 1.56 bits per heavy atom. The quantitative estimate of drug-likeness (QED) is 0.300. The molecule has 0 bridgehead atoms. The van der Waals surface area contributed by atoms with Crippen LogP contribution in [0.1, 0.15) is 11.7 Å². The van der Waals surface area contributed by atoms with Gasteiger partial charge in [0.05, 0.1) is 20.8 Å². The molecule has 1 saturated heterocycles. The molecule has 182 valence electrons. The number of aliphatic hydroxyl groups excluding tert-OH is 4. The molecule has 3 aromatic rings. The van der Waals surface area contributed by atoms with Gasteiger partial charge in [0, 0.05) is 11.6 Å². The van der Waals surface area contributed by atoms with E-state index >= 15 is 0 Å². The van der Waals surface area contributed by atoms with Crippen molar-refractivity contribution in [1.82, 2.24) is 0 Å². The average molecular weight is 476 g/mol. The molecular weight excluding hydrogens is 452 g/mol. The second-order valence-corrected chi connectivity index (χ2v) is 7.87. The Balaban J connectivity index is 1.85. The highest BCUT2D eigenvalue weighted by atomic mass is 16.5. The third kappa shape index (κ3) is 3.93. The highest BCUT2D eigenvalue weighted by Gasteiger charge is 2.44.